The number of H-pyrrole nitrogens is 1. The predicted molar refractivity (Wildman–Crippen MR) is 70.4 cm³/mol. The van der Waals surface area contributed by atoms with Crippen molar-refractivity contribution in [3.05, 3.63) is 28.7 Å². The van der Waals surface area contributed by atoms with Crippen LogP contribution in [0.2, 0.25) is 0 Å². The van der Waals surface area contributed by atoms with Gasteiger partial charge in [-0.05, 0) is 19.4 Å². The third-order valence-electron chi connectivity index (χ3n) is 2.26. The first-order chi connectivity index (χ1) is 8.31. The Morgan fingerprint density at radius 2 is 2.11 bits per heavy atom. The SMILES string of the molecule is CC(CCS(C)=O)NS(=O)(=O)c1ccc(=O)[nH]c1. The molecule has 6 nitrogen and oxygen atoms in total. The van der Waals surface area contributed by atoms with Crippen LogP contribution in [-0.2, 0) is 20.8 Å². The average Bonchev–Trinajstić information content (AvgIpc) is 2.26. The van der Waals surface area contributed by atoms with Crippen molar-refractivity contribution in [2.45, 2.75) is 24.3 Å². The lowest BCUT2D eigenvalue weighted by atomic mass is 10.3. The summed E-state index contributed by atoms with van der Waals surface area (Å²) in [5.74, 6) is 0.440. The summed E-state index contributed by atoms with van der Waals surface area (Å²) in [6.07, 6.45) is 3.21. The van der Waals surface area contributed by atoms with Crippen molar-refractivity contribution in [1.82, 2.24) is 9.71 Å². The molecule has 1 rings (SSSR count). The Morgan fingerprint density at radius 3 is 2.61 bits per heavy atom. The highest BCUT2D eigenvalue weighted by molar-refractivity contribution is 7.89. The topological polar surface area (TPSA) is 96.1 Å². The molecule has 18 heavy (non-hydrogen) atoms. The molecule has 0 aliphatic rings. The molecule has 0 saturated heterocycles. The summed E-state index contributed by atoms with van der Waals surface area (Å²) in [4.78, 5) is 13.2. The number of hydrogen-bond donors (Lipinski definition) is 2. The summed E-state index contributed by atoms with van der Waals surface area (Å²) < 4.78 is 37.2. The van der Waals surface area contributed by atoms with Crippen LogP contribution in [-0.4, -0.2) is 35.7 Å². The number of pyridine rings is 1. The van der Waals surface area contributed by atoms with Crippen molar-refractivity contribution < 1.29 is 12.6 Å². The first-order valence-electron chi connectivity index (χ1n) is 5.32. The van der Waals surface area contributed by atoms with Gasteiger partial charge in [0.25, 0.3) is 0 Å². The highest BCUT2D eigenvalue weighted by Gasteiger charge is 2.17. The molecule has 1 heterocycles. The van der Waals surface area contributed by atoms with Gasteiger partial charge in [-0.15, -0.1) is 0 Å². The minimum atomic E-state index is -3.64. The number of aromatic nitrogens is 1. The fraction of sp³-hybridized carbons (Fsp3) is 0.500. The van der Waals surface area contributed by atoms with Crippen molar-refractivity contribution in [3.8, 4) is 0 Å². The van der Waals surface area contributed by atoms with Gasteiger partial charge in [0, 0.05) is 41.1 Å². The Morgan fingerprint density at radius 1 is 1.44 bits per heavy atom. The monoisotopic (exact) mass is 292 g/mol. The van der Waals surface area contributed by atoms with Gasteiger partial charge in [-0.25, -0.2) is 13.1 Å². The van der Waals surface area contributed by atoms with Crippen LogP contribution in [0.4, 0.5) is 0 Å². The van der Waals surface area contributed by atoms with Crippen LogP contribution in [0.1, 0.15) is 13.3 Å². The van der Waals surface area contributed by atoms with E-state index in [1.807, 2.05) is 0 Å². The molecule has 1 aromatic heterocycles. The summed E-state index contributed by atoms with van der Waals surface area (Å²) >= 11 is 0. The van der Waals surface area contributed by atoms with E-state index in [4.69, 9.17) is 0 Å². The van der Waals surface area contributed by atoms with Crippen LogP contribution < -0.4 is 10.3 Å². The zero-order chi connectivity index (χ0) is 13.8. The van der Waals surface area contributed by atoms with Crippen LogP contribution in [0.15, 0.2) is 28.0 Å². The quantitative estimate of drug-likeness (QED) is 0.759. The molecule has 0 fully saturated rings. The van der Waals surface area contributed by atoms with Crippen LogP contribution in [0.5, 0.6) is 0 Å². The minimum absolute atomic E-state index is 0.00608. The van der Waals surface area contributed by atoms with Gasteiger partial charge in [-0.1, -0.05) is 0 Å². The maximum atomic E-state index is 11.9. The van der Waals surface area contributed by atoms with Crippen molar-refractivity contribution in [1.29, 1.82) is 0 Å². The normalized spacial score (nSPS) is 15.2. The van der Waals surface area contributed by atoms with Crippen molar-refractivity contribution >= 4 is 20.8 Å². The van der Waals surface area contributed by atoms with E-state index in [1.165, 1.54) is 6.07 Å². The molecule has 0 bridgehead atoms. The van der Waals surface area contributed by atoms with Crippen LogP contribution in [0, 0.1) is 0 Å². The minimum Gasteiger partial charge on any atom is -0.328 e. The second kappa shape index (κ2) is 6.26. The molecule has 0 radical (unpaired) electrons. The Labute approximate surface area is 108 Å². The Bertz CT molecular complexity index is 559. The van der Waals surface area contributed by atoms with Gasteiger partial charge in [0.15, 0.2) is 0 Å². The number of sulfonamides is 1. The molecule has 0 spiro atoms. The number of nitrogens with one attached hydrogen (secondary N) is 2. The zero-order valence-corrected chi connectivity index (χ0v) is 11.8. The number of aromatic amines is 1. The Hall–Kier alpha value is -0.990. The molecule has 2 N–H and O–H groups in total. The lowest BCUT2D eigenvalue weighted by Gasteiger charge is -2.13. The zero-order valence-electron chi connectivity index (χ0n) is 10.2. The highest BCUT2D eigenvalue weighted by Crippen LogP contribution is 2.06. The molecule has 1 aromatic rings. The van der Waals surface area contributed by atoms with Crippen LogP contribution >= 0.6 is 0 Å². The summed E-state index contributed by atoms with van der Waals surface area (Å²) in [5.41, 5.74) is -0.358. The molecule has 102 valence electrons. The molecule has 2 atom stereocenters. The summed E-state index contributed by atoms with van der Waals surface area (Å²) in [6.45, 7) is 1.70. The molecule has 8 heteroatoms. The Kier molecular flexibility index (Phi) is 5.24. The van der Waals surface area contributed by atoms with E-state index >= 15 is 0 Å². The highest BCUT2D eigenvalue weighted by atomic mass is 32.2. The van der Waals surface area contributed by atoms with Gasteiger partial charge >= 0.3 is 0 Å². The maximum absolute atomic E-state index is 11.9. The third kappa shape index (κ3) is 4.71. The number of hydrogen-bond acceptors (Lipinski definition) is 4. The van der Waals surface area contributed by atoms with E-state index in [0.29, 0.717) is 12.2 Å². The predicted octanol–water partition coefficient (Wildman–Crippen LogP) is -0.190. The van der Waals surface area contributed by atoms with Gasteiger partial charge in [-0.3, -0.25) is 9.00 Å². The fourth-order valence-corrected chi connectivity index (χ4v) is 3.23. The summed E-state index contributed by atoms with van der Waals surface area (Å²) in [6, 6.07) is 2.08. The maximum Gasteiger partial charge on any atom is 0.247 e. The van der Waals surface area contributed by atoms with E-state index in [1.54, 1.807) is 13.2 Å². The first kappa shape index (κ1) is 15.1. The lowest BCUT2D eigenvalue weighted by molar-refractivity contribution is 0.555. The fourth-order valence-electron chi connectivity index (χ4n) is 1.30. The third-order valence-corrected chi connectivity index (χ3v) is 4.66. The summed E-state index contributed by atoms with van der Waals surface area (Å²) in [5, 5.41) is 0. The second-order valence-electron chi connectivity index (χ2n) is 3.98. The smallest absolute Gasteiger partial charge is 0.247 e. The Balaban J connectivity index is 2.73. The molecule has 0 aliphatic heterocycles. The molecule has 0 aromatic carbocycles. The standard InChI is InChI=1S/C10H16N2O4S2/c1-8(5-6-17(2)14)12-18(15,16)9-3-4-10(13)11-7-9/h3-4,7-8,12H,5-6H2,1-2H3,(H,11,13). The van der Waals surface area contributed by atoms with E-state index in [0.717, 1.165) is 12.3 Å². The van der Waals surface area contributed by atoms with E-state index in [9.17, 15) is 17.4 Å². The van der Waals surface area contributed by atoms with Gasteiger partial charge in [0.2, 0.25) is 15.6 Å². The van der Waals surface area contributed by atoms with Crippen LogP contribution in [0.3, 0.4) is 0 Å². The molecule has 0 saturated carbocycles. The average molecular weight is 292 g/mol. The molecular weight excluding hydrogens is 276 g/mol. The lowest BCUT2D eigenvalue weighted by Crippen LogP contribution is -2.33. The van der Waals surface area contributed by atoms with Gasteiger partial charge in [0.05, 0.1) is 4.90 Å². The molecule has 0 amide bonds. The van der Waals surface area contributed by atoms with Crippen molar-refractivity contribution in [2.75, 3.05) is 12.0 Å². The van der Waals surface area contributed by atoms with Crippen LogP contribution in [0.25, 0.3) is 0 Å². The second-order valence-corrected chi connectivity index (χ2v) is 7.25. The van der Waals surface area contributed by atoms with Gasteiger partial charge in [-0.2, -0.15) is 0 Å². The van der Waals surface area contributed by atoms with E-state index in [-0.39, 0.29) is 16.5 Å². The van der Waals surface area contributed by atoms with Gasteiger partial charge in [0.1, 0.15) is 0 Å². The first-order valence-corrected chi connectivity index (χ1v) is 8.53. The molecular formula is C10H16N2O4S2. The molecule has 2 unspecified atom stereocenters. The van der Waals surface area contributed by atoms with E-state index in [2.05, 4.69) is 9.71 Å². The molecule has 0 aliphatic carbocycles. The van der Waals surface area contributed by atoms with Crippen molar-refractivity contribution in [3.63, 3.8) is 0 Å². The van der Waals surface area contributed by atoms with E-state index < -0.39 is 20.8 Å². The number of rotatable bonds is 6. The van der Waals surface area contributed by atoms with Gasteiger partial charge < -0.3 is 4.98 Å². The largest absolute Gasteiger partial charge is 0.328 e. The van der Waals surface area contributed by atoms with Crippen molar-refractivity contribution in [2.24, 2.45) is 0 Å². The summed E-state index contributed by atoms with van der Waals surface area (Å²) in [7, 11) is -4.59.